The molecule has 0 fully saturated rings. The summed E-state index contributed by atoms with van der Waals surface area (Å²) in [6, 6.07) is 4.75. The summed E-state index contributed by atoms with van der Waals surface area (Å²) < 4.78 is 33.1. The third kappa shape index (κ3) is 5.22. The SMILES string of the molecule is COCCNS(=O)(=O)Nc1ccc(Cl)c(Br)c1. The number of methoxy groups -OCH3 is 1. The number of benzene rings is 1. The molecule has 0 aliphatic carbocycles. The monoisotopic (exact) mass is 342 g/mol. The summed E-state index contributed by atoms with van der Waals surface area (Å²) in [5.41, 5.74) is 0.422. The highest BCUT2D eigenvalue weighted by molar-refractivity contribution is 9.10. The molecule has 5 nitrogen and oxygen atoms in total. The van der Waals surface area contributed by atoms with Crippen LogP contribution in [0.25, 0.3) is 0 Å². The van der Waals surface area contributed by atoms with Crippen molar-refractivity contribution in [2.75, 3.05) is 25.0 Å². The Kier molecular flexibility index (Phi) is 5.68. The van der Waals surface area contributed by atoms with Crippen LogP contribution < -0.4 is 9.44 Å². The summed E-state index contributed by atoms with van der Waals surface area (Å²) in [5.74, 6) is 0. The number of anilines is 1. The fourth-order valence-electron chi connectivity index (χ4n) is 1.03. The molecule has 1 aromatic rings. The quantitative estimate of drug-likeness (QED) is 0.776. The smallest absolute Gasteiger partial charge is 0.299 e. The molecule has 0 radical (unpaired) electrons. The average Bonchev–Trinajstić information content (AvgIpc) is 2.23. The normalized spacial score (nSPS) is 11.5. The molecular weight excluding hydrogens is 332 g/mol. The summed E-state index contributed by atoms with van der Waals surface area (Å²) in [4.78, 5) is 0. The van der Waals surface area contributed by atoms with E-state index in [0.29, 0.717) is 21.8 Å². The molecule has 1 rings (SSSR count). The lowest BCUT2D eigenvalue weighted by Gasteiger charge is -2.09. The Balaban J connectivity index is 2.66. The fraction of sp³-hybridized carbons (Fsp3) is 0.333. The molecule has 2 N–H and O–H groups in total. The van der Waals surface area contributed by atoms with E-state index in [2.05, 4.69) is 25.4 Å². The van der Waals surface area contributed by atoms with Crippen LogP contribution in [0.5, 0.6) is 0 Å². The van der Waals surface area contributed by atoms with Crippen LogP contribution in [0.4, 0.5) is 5.69 Å². The Labute approximate surface area is 114 Å². The summed E-state index contributed by atoms with van der Waals surface area (Å²) >= 11 is 9.01. The van der Waals surface area contributed by atoms with Crippen molar-refractivity contribution in [1.29, 1.82) is 0 Å². The molecule has 1 aromatic carbocycles. The van der Waals surface area contributed by atoms with Crippen molar-refractivity contribution in [3.8, 4) is 0 Å². The highest BCUT2D eigenvalue weighted by Crippen LogP contribution is 2.25. The number of nitrogens with one attached hydrogen (secondary N) is 2. The van der Waals surface area contributed by atoms with Crippen molar-refractivity contribution in [1.82, 2.24) is 4.72 Å². The van der Waals surface area contributed by atoms with Crippen molar-refractivity contribution in [3.05, 3.63) is 27.7 Å². The van der Waals surface area contributed by atoms with Crippen LogP contribution in [0, 0.1) is 0 Å². The Morgan fingerprint density at radius 1 is 1.47 bits per heavy atom. The van der Waals surface area contributed by atoms with E-state index >= 15 is 0 Å². The van der Waals surface area contributed by atoms with Gasteiger partial charge in [0.05, 0.1) is 17.3 Å². The molecular formula is C9H12BrClN2O3S. The first-order chi connectivity index (χ1) is 7.94. The molecule has 0 heterocycles. The van der Waals surface area contributed by atoms with Crippen molar-refractivity contribution < 1.29 is 13.2 Å². The van der Waals surface area contributed by atoms with Gasteiger partial charge in [0, 0.05) is 18.1 Å². The molecule has 0 bridgehead atoms. The van der Waals surface area contributed by atoms with E-state index in [1.807, 2.05) is 0 Å². The average molecular weight is 344 g/mol. The highest BCUT2D eigenvalue weighted by atomic mass is 79.9. The molecule has 0 saturated heterocycles. The summed E-state index contributed by atoms with van der Waals surface area (Å²) in [7, 11) is -2.08. The third-order valence-corrected chi connectivity index (χ3v) is 4.07. The van der Waals surface area contributed by atoms with Gasteiger partial charge in [-0.2, -0.15) is 13.1 Å². The molecule has 8 heteroatoms. The maximum absolute atomic E-state index is 11.5. The number of rotatable bonds is 6. The Morgan fingerprint density at radius 3 is 2.76 bits per heavy atom. The van der Waals surface area contributed by atoms with E-state index in [0.717, 1.165) is 0 Å². The number of hydrogen-bond donors (Lipinski definition) is 2. The molecule has 0 aromatic heterocycles. The van der Waals surface area contributed by atoms with E-state index in [4.69, 9.17) is 16.3 Å². The minimum atomic E-state index is -3.58. The first-order valence-corrected chi connectivity index (χ1v) is 7.31. The van der Waals surface area contributed by atoms with Gasteiger partial charge in [0.1, 0.15) is 0 Å². The van der Waals surface area contributed by atoms with E-state index in [-0.39, 0.29) is 6.54 Å². The van der Waals surface area contributed by atoms with Crippen LogP contribution in [0.1, 0.15) is 0 Å². The van der Waals surface area contributed by atoms with Crippen LogP contribution in [-0.4, -0.2) is 28.7 Å². The van der Waals surface area contributed by atoms with Gasteiger partial charge in [-0.3, -0.25) is 4.72 Å². The first-order valence-electron chi connectivity index (χ1n) is 4.66. The van der Waals surface area contributed by atoms with Crippen LogP contribution in [0.15, 0.2) is 22.7 Å². The Hall–Kier alpha value is -0.340. The third-order valence-electron chi connectivity index (χ3n) is 1.77. The van der Waals surface area contributed by atoms with Crippen molar-refractivity contribution in [3.63, 3.8) is 0 Å². The molecule has 0 saturated carbocycles. The van der Waals surface area contributed by atoms with Crippen LogP contribution in [0.3, 0.4) is 0 Å². The fourth-order valence-corrected chi connectivity index (χ4v) is 2.39. The van der Waals surface area contributed by atoms with Crippen LogP contribution in [0.2, 0.25) is 5.02 Å². The van der Waals surface area contributed by atoms with Crippen molar-refractivity contribution in [2.24, 2.45) is 0 Å². The van der Waals surface area contributed by atoms with Gasteiger partial charge in [-0.05, 0) is 34.1 Å². The molecule has 17 heavy (non-hydrogen) atoms. The van der Waals surface area contributed by atoms with Gasteiger partial charge >= 0.3 is 0 Å². The lowest BCUT2D eigenvalue weighted by Crippen LogP contribution is -2.32. The molecule has 0 amide bonds. The summed E-state index contributed by atoms with van der Waals surface area (Å²) in [5, 5.41) is 0.514. The van der Waals surface area contributed by atoms with E-state index in [1.165, 1.54) is 7.11 Å². The molecule has 0 spiro atoms. The van der Waals surface area contributed by atoms with Gasteiger partial charge in [0.15, 0.2) is 0 Å². The van der Waals surface area contributed by atoms with Gasteiger partial charge in [0.25, 0.3) is 10.2 Å². The maximum atomic E-state index is 11.5. The largest absolute Gasteiger partial charge is 0.383 e. The zero-order chi connectivity index (χ0) is 12.9. The molecule has 0 aliphatic heterocycles. The van der Waals surface area contributed by atoms with Gasteiger partial charge in [-0.1, -0.05) is 11.6 Å². The predicted octanol–water partition coefficient (Wildman–Crippen LogP) is 2.00. The second-order valence-corrected chi connectivity index (χ2v) is 5.88. The number of hydrogen-bond acceptors (Lipinski definition) is 3. The lowest BCUT2D eigenvalue weighted by atomic mass is 10.3. The Morgan fingerprint density at radius 2 is 2.18 bits per heavy atom. The van der Waals surface area contributed by atoms with Gasteiger partial charge < -0.3 is 4.74 Å². The summed E-state index contributed by atoms with van der Waals surface area (Å²) in [6.07, 6.45) is 0. The highest BCUT2D eigenvalue weighted by Gasteiger charge is 2.09. The number of ether oxygens (including phenoxy) is 1. The van der Waals surface area contributed by atoms with E-state index < -0.39 is 10.2 Å². The maximum Gasteiger partial charge on any atom is 0.299 e. The van der Waals surface area contributed by atoms with E-state index in [1.54, 1.807) is 18.2 Å². The molecule has 0 aliphatic rings. The number of halogens is 2. The standard InChI is InChI=1S/C9H12BrClN2O3S/c1-16-5-4-12-17(14,15)13-7-2-3-9(11)8(10)6-7/h2-3,6,12-13H,4-5H2,1H3. The summed E-state index contributed by atoms with van der Waals surface area (Å²) in [6.45, 7) is 0.520. The van der Waals surface area contributed by atoms with Crippen molar-refractivity contribution in [2.45, 2.75) is 0 Å². The van der Waals surface area contributed by atoms with Crippen LogP contribution >= 0.6 is 27.5 Å². The topological polar surface area (TPSA) is 67.4 Å². The minimum absolute atomic E-state index is 0.209. The van der Waals surface area contributed by atoms with Crippen molar-refractivity contribution >= 4 is 43.4 Å². The molecule has 96 valence electrons. The zero-order valence-electron chi connectivity index (χ0n) is 9.04. The molecule has 0 atom stereocenters. The zero-order valence-corrected chi connectivity index (χ0v) is 12.2. The van der Waals surface area contributed by atoms with Crippen LogP contribution in [-0.2, 0) is 14.9 Å². The lowest BCUT2D eigenvalue weighted by molar-refractivity contribution is 0.204. The van der Waals surface area contributed by atoms with Gasteiger partial charge in [-0.15, -0.1) is 0 Å². The Bertz CT molecular complexity index is 481. The van der Waals surface area contributed by atoms with E-state index in [9.17, 15) is 8.42 Å². The van der Waals surface area contributed by atoms with Gasteiger partial charge in [0.2, 0.25) is 0 Å². The first kappa shape index (κ1) is 14.7. The minimum Gasteiger partial charge on any atom is -0.383 e. The predicted molar refractivity (Wildman–Crippen MR) is 71.6 cm³/mol. The van der Waals surface area contributed by atoms with Gasteiger partial charge in [-0.25, -0.2) is 0 Å². The second-order valence-electron chi connectivity index (χ2n) is 3.12. The second kappa shape index (κ2) is 6.55. The molecule has 0 unspecified atom stereocenters.